The molecule has 1 spiro atoms. The highest BCUT2D eigenvalue weighted by molar-refractivity contribution is 5.10. The van der Waals surface area contributed by atoms with Gasteiger partial charge in [0.25, 0.3) is 0 Å². The molecule has 4 heteroatoms. The van der Waals surface area contributed by atoms with Crippen molar-refractivity contribution in [2.24, 2.45) is 0 Å². The van der Waals surface area contributed by atoms with E-state index >= 15 is 0 Å². The van der Waals surface area contributed by atoms with Crippen LogP contribution in [0.3, 0.4) is 0 Å². The van der Waals surface area contributed by atoms with Gasteiger partial charge in [-0.05, 0) is 32.6 Å². The normalized spacial score (nSPS) is 24.2. The molecule has 1 aliphatic carbocycles. The Morgan fingerprint density at radius 2 is 1.76 bits per heavy atom. The van der Waals surface area contributed by atoms with Crippen LogP contribution in [0.4, 0.5) is 0 Å². The van der Waals surface area contributed by atoms with Crippen molar-refractivity contribution >= 4 is 0 Å². The van der Waals surface area contributed by atoms with Gasteiger partial charge in [0, 0.05) is 12.8 Å². The quantitative estimate of drug-likeness (QED) is 0.554. The summed E-state index contributed by atoms with van der Waals surface area (Å²) in [6.45, 7) is 12.5. The molecule has 0 aromatic rings. The van der Waals surface area contributed by atoms with Crippen LogP contribution in [0.2, 0.25) is 0 Å². The van der Waals surface area contributed by atoms with Crippen molar-refractivity contribution in [1.29, 1.82) is 0 Å². The third kappa shape index (κ3) is 3.87. The molecule has 0 aromatic heterocycles. The topological polar surface area (TPSA) is 36.9 Å². The van der Waals surface area contributed by atoms with Gasteiger partial charge in [0.05, 0.1) is 26.4 Å². The monoisotopic (exact) mass is 296 g/mol. The Balaban J connectivity index is 2.04. The third-order valence-electron chi connectivity index (χ3n) is 4.39. The minimum Gasteiger partial charge on any atom is -0.496 e. The van der Waals surface area contributed by atoms with Gasteiger partial charge in [-0.2, -0.15) is 0 Å². The molecular weight excluding hydrogens is 268 g/mol. The van der Waals surface area contributed by atoms with Crippen molar-refractivity contribution in [2.45, 2.75) is 56.8 Å². The Morgan fingerprint density at radius 1 is 1.14 bits per heavy atom. The van der Waals surface area contributed by atoms with Crippen molar-refractivity contribution in [3.63, 3.8) is 0 Å². The maximum Gasteiger partial charge on any atom is 0.168 e. The van der Waals surface area contributed by atoms with Crippen LogP contribution >= 0.6 is 0 Å². The van der Waals surface area contributed by atoms with Crippen LogP contribution in [0.15, 0.2) is 25.0 Å². The first-order chi connectivity index (χ1) is 10.2. The zero-order chi connectivity index (χ0) is 15.2. The maximum absolute atomic E-state index is 6.05. The maximum atomic E-state index is 6.05. The van der Waals surface area contributed by atoms with Crippen molar-refractivity contribution in [3.05, 3.63) is 25.0 Å². The van der Waals surface area contributed by atoms with E-state index in [4.69, 9.17) is 18.9 Å². The zero-order valence-electron chi connectivity index (χ0n) is 13.2. The minimum atomic E-state index is -0.436. The summed E-state index contributed by atoms with van der Waals surface area (Å²) in [4.78, 5) is 0. The molecule has 1 heterocycles. The lowest BCUT2D eigenvalue weighted by Crippen LogP contribution is -2.48. The summed E-state index contributed by atoms with van der Waals surface area (Å²) in [5.74, 6) is 0.291. The second kappa shape index (κ2) is 7.43. The summed E-state index contributed by atoms with van der Waals surface area (Å²) in [5.41, 5.74) is -0.436. The summed E-state index contributed by atoms with van der Waals surface area (Å²) >= 11 is 0. The molecule has 2 fully saturated rings. The van der Waals surface area contributed by atoms with E-state index in [1.165, 1.54) is 0 Å². The molecule has 0 radical (unpaired) electrons. The first-order valence-electron chi connectivity index (χ1n) is 8.01. The molecule has 4 nitrogen and oxygen atoms in total. The molecule has 1 saturated carbocycles. The van der Waals surface area contributed by atoms with Crippen LogP contribution < -0.4 is 0 Å². The smallest absolute Gasteiger partial charge is 0.168 e. The Morgan fingerprint density at radius 3 is 2.29 bits per heavy atom. The molecule has 0 atom stereocenters. The first-order valence-corrected chi connectivity index (χ1v) is 8.01. The minimum absolute atomic E-state index is 0.427. The van der Waals surface area contributed by atoms with Gasteiger partial charge in [-0.1, -0.05) is 12.7 Å². The van der Waals surface area contributed by atoms with Gasteiger partial charge >= 0.3 is 0 Å². The highest BCUT2D eigenvalue weighted by Crippen LogP contribution is 2.44. The molecular formula is C17H28O4. The molecule has 0 N–H and O–H groups in total. The molecule has 1 aliphatic heterocycles. The summed E-state index contributed by atoms with van der Waals surface area (Å²) in [6, 6.07) is 0. The Labute approximate surface area is 128 Å². The van der Waals surface area contributed by atoms with Gasteiger partial charge in [-0.25, -0.2) is 0 Å². The van der Waals surface area contributed by atoms with E-state index < -0.39 is 11.4 Å². The van der Waals surface area contributed by atoms with Crippen LogP contribution in [0.1, 0.15) is 45.4 Å². The number of hydrogen-bond donors (Lipinski definition) is 0. The van der Waals surface area contributed by atoms with Gasteiger partial charge in [-0.3, -0.25) is 0 Å². The van der Waals surface area contributed by atoms with Gasteiger partial charge in [0.2, 0.25) is 0 Å². The Bertz CT molecular complexity index is 346. The Hall–Kier alpha value is -0.840. The van der Waals surface area contributed by atoms with Gasteiger partial charge < -0.3 is 18.9 Å². The fourth-order valence-corrected chi connectivity index (χ4v) is 3.11. The van der Waals surface area contributed by atoms with Gasteiger partial charge in [0.15, 0.2) is 5.79 Å². The molecule has 2 rings (SSSR count). The average molecular weight is 296 g/mol. The van der Waals surface area contributed by atoms with Crippen LogP contribution in [-0.2, 0) is 18.9 Å². The highest BCUT2D eigenvalue weighted by atomic mass is 16.7. The van der Waals surface area contributed by atoms with E-state index in [9.17, 15) is 0 Å². The predicted molar refractivity (Wildman–Crippen MR) is 82.0 cm³/mol. The first kappa shape index (κ1) is 16.5. The molecule has 120 valence electrons. The van der Waals surface area contributed by atoms with Crippen LogP contribution in [0.5, 0.6) is 0 Å². The number of rotatable bonds is 6. The van der Waals surface area contributed by atoms with Gasteiger partial charge in [-0.15, -0.1) is 6.58 Å². The van der Waals surface area contributed by atoms with Crippen LogP contribution in [0.25, 0.3) is 0 Å². The van der Waals surface area contributed by atoms with Crippen LogP contribution in [-0.4, -0.2) is 37.8 Å². The van der Waals surface area contributed by atoms with Crippen LogP contribution in [0, 0.1) is 0 Å². The SMILES string of the molecule is C=CCOC1(C(=C)OCC)CCC2(CC1)OCCCCO2. The highest BCUT2D eigenvalue weighted by Gasteiger charge is 2.47. The van der Waals surface area contributed by atoms with E-state index in [1.54, 1.807) is 6.08 Å². The zero-order valence-corrected chi connectivity index (χ0v) is 13.2. The van der Waals surface area contributed by atoms with E-state index in [-0.39, 0.29) is 0 Å². The summed E-state index contributed by atoms with van der Waals surface area (Å²) in [6.07, 6.45) is 7.16. The Kier molecular flexibility index (Phi) is 5.85. The molecule has 1 saturated heterocycles. The summed E-state index contributed by atoms with van der Waals surface area (Å²) in [5, 5.41) is 0. The van der Waals surface area contributed by atoms with E-state index in [0.717, 1.165) is 57.5 Å². The van der Waals surface area contributed by atoms with Crippen molar-refractivity contribution < 1.29 is 18.9 Å². The summed E-state index contributed by atoms with van der Waals surface area (Å²) in [7, 11) is 0. The summed E-state index contributed by atoms with van der Waals surface area (Å²) < 4.78 is 23.7. The second-order valence-electron chi connectivity index (χ2n) is 5.76. The van der Waals surface area contributed by atoms with Gasteiger partial charge in [0.1, 0.15) is 11.4 Å². The van der Waals surface area contributed by atoms with E-state index in [0.29, 0.717) is 13.2 Å². The van der Waals surface area contributed by atoms with Crippen molar-refractivity contribution in [2.75, 3.05) is 26.4 Å². The lowest BCUT2D eigenvalue weighted by Gasteiger charge is -2.45. The van der Waals surface area contributed by atoms with Crippen molar-refractivity contribution in [1.82, 2.24) is 0 Å². The largest absolute Gasteiger partial charge is 0.496 e. The third-order valence-corrected chi connectivity index (χ3v) is 4.39. The average Bonchev–Trinajstić information content (AvgIpc) is 2.73. The standard InChI is InChI=1S/C17H28O4/c1-4-12-19-16(15(3)18-5-2)8-10-17(11-9-16)20-13-6-7-14-21-17/h4H,1,3,5-14H2,2H3. The molecule has 2 aliphatic rings. The molecule has 0 aromatic carbocycles. The molecule has 0 unspecified atom stereocenters. The second-order valence-corrected chi connectivity index (χ2v) is 5.76. The molecule has 0 bridgehead atoms. The lowest BCUT2D eigenvalue weighted by molar-refractivity contribution is -0.259. The molecule has 21 heavy (non-hydrogen) atoms. The fraction of sp³-hybridized carbons (Fsp3) is 0.765. The van der Waals surface area contributed by atoms with E-state index in [1.807, 2.05) is 6.92 Å². The fourth-order valence-electron chi connectivity index (χ4n) is 3.11. The molecule has 0 amide bonds. The predicted octanol–water partition coefficient (Wildman–Crippen LogP) is 3.58. The lowest BCUT2D eigenvalue weighted by atomic mass is 9.80. The van der Waals surface area contributed by atoms with Crippen molar-refractivity contribution in [3.8, 4) is 0 Å². The van der Waals surface area contributed by atoms with E-state index in [2.05, 4.69) is 13.2 Å². The number of hydrogen-bond acceptors (Lipinski definition) is 4. The number of ether oxygens (including phenoxy) is 4.